The van der Waals surface area contributed by atoms with Gasteiger partial charge in [0.25, 0.3) is 0 Å². The van der Waals surface area contributed by atoms with Crippen LogP contribution < -0.4 is 10.6 Å². The van der Waals surface area contributed by atoms with Gasteiger partial charge in [-0.15, -0.1) is 5.10 Å². The predicted molar refractivity (Wildman–Crippen MR) is 97.2 cm³/mol. The average molecular weight is 321 g/mol. The lowest BCUT2D eigenvalue weighted by Gasteiger charge is -2.34. The second-order valence-corrected chi connectivity index (χ2v) is 6.73. The van der Waals surface area contributed by atoms with E-state index in [1.807, 2.05) is 0 Å². The molecule has 124 valence electrons. The lowest BCUT2D eigenvalue weighted by atomic mass is 9.90. The topological polar surface area (TPSA) is 59.4 Å². The van der Waals surface area contributed by atoms with E-state index in [1.54, 1.807) is 4.52 Å². The molecule has 1 aliphatic heterocycles. The highest BCUT2D eigenvalue weighted by Gasteiger charge is 2.21. The molecule has 1 aliphatic rings. The van der Waals surface area contributed by atoms with Crippen molar-refractivity contribution in [3.63, 3.8) is 0 Å². The summed E-state index contributed by atoms with van der Waals surface area (Å²) in [6.45, 7) is 4.32. The number of nitrogens with zero attached hydrogens (tertiary/aromatic N) is 4. The maximum absolute atomic E-state index is 5.70. The summed E-state index contributed by atoms with van der Waals surface area (Å²) < 4.78 is 1.79. The van der Waals surface area contributed by atoms with Crippen molar-refractivity contribution >= 4 is 17.3 Å². The molecule has 2 aromatic heterocycles. The fraction of sp³-hybridized carbons (Fsp3) is 0.368. The predicted octanol–water partition coefficient (Wildman–Crippen LogP) is 3.08. The number of hydrogen-bond acceptors (Lipinski definition) is 4. The van der Waals surface area contributed by atoms with Crippen molar-refractivity contribution in [1.82, 2.24) is 14.6 Å². The van der Waals surface area contributed by atoms with E-state index in [4.69, 9.17) is 5.73 Å². The zero-order valence-corrected chi connectivity index (χ0v) is 14.0. The molecule has 5 nitrogen and oxygen atoms in total. The number of rotatable bonds is 3. The van der Waals surface area contributed by atoms with E-state index in [2.05, 4.69) is 64.5 Å². The third-order valence-electron chi connectivity index (χ3n) is 4.99. The highest BCUT2D eigenvalue weighted by atomic mass is 15.3. The Morgan fingerprint density at radius 1 is 1.17 bits per heavy atom. The van der Waals surface area contributed by atoms with Gasteiger partial charge in [-0.2, -0.15) is 4.98 Å². The number of hydrogen-bond donors (Lipinski definition) is 1. The van der Waals surface area contributed by atoms with Crippen LogP contribution in [0.4, 0.5) is 11.6 Å². The highest BCUT2D eigenvalue weighted by molar-refractivity contribution is 5.58. The molecule has 0 saturated carbocycles. The number of piperidine rings is 1. The Morgan fingerprint density at radius 3 is 2.67 bits per heavy atom. The molecular formula is C19H23N5. The fourth-order valence-electron chi connectivity index (χ4n) is 3.69. The zero-order chi connectivity index (χ0) is 16.5. The van der Waals surface area contributed by atoms with Crippen molar-refractivity contribution in [2.75, 3.05) is 23.7 Å². The normalized spacial score (nSPS) is 16.0. The molecule has 0 bridgehead atoms. The fourth-order valence-corrected chi connectivity index (χ4v) is 3.69. The highest BCUT2D eigenvalue weighted by Crippen LogP contribution is 2.28. The first-order chi connectivity index (χ1) is 11.7. The minimum atomic E-state index is 0.327. The summed E-state index contributed by atoms with van der Waals surface area (Å²) in [6.07, 6.45) is 5.70. The van der Waals surface area contributed by atoms with Gasteiger partial charge in [0.1, 0.15) is 0 Å². The van der Waals surface area contributed by atoms with E-state index in [9.17, 15) is 0 Å². The van der Waals surface area contributed by atoms with Crippen LogP contribution in [0.3, 0.4) is 0 Å². The Morgan fingerprint density at radius 2 is 1.92 bits per heavy atom. The van der Waals surface area contributed by atoms with E-state index < -0.39 is 0 Å². The standard InChI is InChI=1S/C19H23N5/c1-14-11-18-21-19(20)22-24(18)13-17(14)23-9-7-16(8-10-23)12-15-5-3-2-4-6-15/h2-6,11,13,16H,7-10,12H2,1H3,(H2,20,22). The van der Waals surface area contributed by atoms with Gasteiger partial charge in [0.05, 0.1) is 11.9 Å². The number of nitrogen functional groups attached to an aromatic ring is 1. The van der Waals surface area contributed by atoms with Crippen molar-refractivity contribution in [2.24, 2.45) is 5.92 Å². The Hall–Kier alpha value is -2.56. The van der Waals surface area contributed by atoms with Crippen LogP contribution in [0, 0.1) is 12.8 Å². The molecule has 1 fully saturated rings. The van der Waals surface area contributed by atoms with Gasteiger partial charge in [-0.05, 0) is 49.3 Å². The molecule has 0 unspecified atom stereocenters. The maximum atomic E-state index is 5.70. The summed E-state index contributed by atoms with van der Waals surface area (Å²) >= 11 is 0. The molecule has 0 aliphatic carbocycles. The molecular weight excluding hydrogens is 298 g/mol. The summed E-state index contributed by atoms with van der Waals surface area (Å²) in [7, 11) is 0. The second-order valence-electron chi connectivity index (χ2n) is 6.73. The van der Waals surface area contributed by atoms with E-state index in [0.717, 1.165) is 24.7 Å². The summed E-state index contributed by atoms with van der Waals surface area (Å²) in [4.78, 5) is 6.70. The molecule has 5 heteroatoms. The van der Waals surface area contributed by atoms with Crippen LogP contribution in [0.25, 0.3) is 5.65 Å². The van der Waals surface area contributed by atoms with Crippen LogP contribution in [0.15, 0.2) is 42.6 Å². The van der Waals surface area contributed by atoms with Crippen LogP contribution in [0.5, 0.6) is 0 Å². The smallest absolute Gasteiger partial charge is 0.240 e. The average Bonchev–Trinajstić information content (AvgIpc) is 2.95. The minimum Gasteiger partial charge on any atom is -0.370 e. The van der Waals surface area contributed by atoms with Crippen LogP contribution in [0.2, 0.25) is 0 Å². The molecule has 1 saturated heterocycles. The summed E-state index contributed by atoms with van der Waals surface area (Å²) in [5.74, 6) is 1.10. The van der Waals surface area contributed by atoms with E-state index in [-0.39, 0.29) is 0 Å². The van der Waals surface area contributed by atoms with Crippen LogP contribution >= 0.6 is 0 Å². The van der Waals surface area contributed by atoms with Crippen LogP contribution in [-0.2, 0) is 6.42 Å². The SMILES string of the molecule is Cc1cc2nc(N)nn2cc1N1CCC(Cc2ccccc2)CC1. The van der Waals surface area contributed by atoms with Crippen molar-refractivity contribution in [3.8, 4) is 0 Å². The maximum Gasteiger partial charge on any atom is 0.240 e. The number of anilines is 2. The number of pyridine rings is 1. The summed E-state index contributed by atoms with van der Waals surface area (Å²) in [5, 5.41) is 4.24. The van der Waals surface area contributed by atoms with Gasteiger partial charge in [0.2, 0.25) is 5.95 Å². The van der Waals surface area contributed by atoms with Gasteiger partial charge in [-0.3, -0.25) is 0 Å². The monoisotopic (exact) mass is 321 g/mol. The van der Waals surface area contributed by atoms with Crippen molar-refractivity contribution in [1.29, 1.82) is 0 Å². The second kappa shape index (κ2) is 6.15. The first kappa shape index (κ1) is 15.0. The summed E-state index contributed by atoms with van der Waals surface area (Å²) in [5.41, 5.74) is 10.4. The minimum absolute atomic E-state index is 0.327. The molecule has 3 heterocycles. The van der Waals surface area contributed by atoms with Gasteiger partial charge in [0.15, 0.2) is 5.65 Å². The first-order valence-corrected chi connectivity index (χ1v) is 8.60. The van der Waals surface area contributed by atoms with Crippen molar-refractivity contribution in [3.05, 3.63) is 53.7 Å². The molecule has 1 aromatic carbocycles. The van der Waals surface area contributed by atoms with Gasteiger partial charge in [0, 0.05) is 13.1 Å². The lowest BCUT2D eigenvalue weighted by molar-refractivity contribution is 0.403. The van der Waals surface area contributed by atoms with E-state index in [0.29, 0.717) is 5.95 Å². The number of nitrogens with two attached hydrogens (primary N) is 1. The Labute approximate surface area is 142 Å². The third kappa shape index (κ3) is 2.94. The van der Waals surface area contributed by atoms with E-state index >= 15 is 0 Å². The number of benzene rings is 1. The molecule has 0 spiro atoms. The quantitative estimate of drug-likeness (QED) is 0.805. The van der Waals surface area contributed by atoms with Crippen molar-refractivity contribution in [2.45, 2.75) is 26.2 Å². The van der Waals surface area contributed by atoms with Crippen LogP contribution in [-0.4, -0.2) is 27.7 Å². The first-order valence-electron chi connectivity index (χ1n) is 8.60. The summed E-state index contributed by atoms with van der Waals surface area (Å²) in [6, 6.07) is 12.9. The number of aryl methyl sites for hydroxylation is 1. The molecule has 0 amide bonds. The molecule has 24 heavy (non-hydrogen) atoms. The Kier molecular flexibility index (Phi) is 3.84. The zero-order valence-electron chi connectivity index (χ0n) is 14.0. The van der Waals surface area contributed by atoms with E-state index in [1.165, 1.54) is 36.1 Å². The van der Waals surface area contributed by atoms with Gasteiger partial charge in [-0.25, -0.2) is 4.52 Å². The molecule has 2 N–H and O–H groups in total. The Bertz CT molecular complexity index is 832. The molecule has 0 atom stereocenters. The van der Waals surface area contributed by atoms with Crippen molar-refractivity contribution < 1.29 is 0 Å². The molecule has 0 radical (unpaired) electrons. The van der Waals surface area contributed by atoms with Gasteiger partial charge >= 0.3 is 0 Å². The van der Waals surface area contributed by atoms with Gasteiger partial charge < -0.3 is 10.6 Å². The lowest BCUT2D eigenvalue weighted by Crippen LogP contribution is -2.34. The largest absolute Gasteiger partial charge is 0.370 e. The Balaban J connectivity index is 1.46. The molecule has 4 rings (SSSR count). The number of aromatic nitrogens is 3. The third-order valence-corrected chi connectivity index (χ3v) is 4.99. The van der Waals surface area contributed by atoms with Crippen LogP contribution in [0.1, 0.15) is 24.0 Å². The number of fused-ring (bicyclic) bond motifs is 1. The molecule has 3 aromatic rings. The van der Waals surface area contributed by atoms with Gasteiger partial charge in [-0.1, -0.05) is 30.3 Å².